The number of hydrogen-bond acceptors (Lipinski definition) is 3. The molecule has 0 saturated carbocycles. The highest BCUT2D eigenvalue weighted by atomic mass is 16.3. The van der Waals surface area contributed by atoms with E-state index in [0.29, 0.717) is 11.8 Å². The van der Waals surface area contributed by atoms with Gasteiger partial charge in [-0.15, -0.1) is 0 Å². The Hall–Kier alpha value is -1.06. The average molecular weight is 276 g/mol. The van der Waals surface area contributed by atoms with Crippen LogP contribution in [0.25, 0.3) is 0 Å². The molecule has 0 amide bonds. The van der Waals surface area contributed by atoms with E-state index in [0.717, 1.165) is 19.6 Å². The third-order valence-electron chi connectivity index (χ3n) is 4.88. The fourth-order valence-electron chi connectivity index (χ4n) is 3.18. The molecule has 1 atom stereocenters. The smallest absolute Gasteiger partial charge is 0.115 e. The Bertz CT molecular complexity index is 412. The molecule has 20 heavy (non-hydrogen) atoms. The van der Waals surface area contributed by atoms with Crippen LogP contribution in [-0.2, 0) is 6.54 Å². The van der Waals surface area contributed by atoms with Crippen LogP contribution in [0.15, 0.2) is 24.3 Å². The van der Waals surface area contributed by atoms with Gasteiger partial charge in [0.1, 0.15) is 5.75 Å². The topological polar surface area (TPSA) is 35.5 Å². The number of nitrogens with zero attached hydrogens (tertiary/aromatic N) is 1. The maximum absolute atomic E-state index is 9.40. The van der Waals surface area contributed by atoms with Gasteiger partial charge in [-0.05, 0) is 37.0 Å². The summed E-state index contributed by atoms with van der Waals surface area (Å²) in [6.45, 7) is 9.99. The van der Waals surface area contributed by atoms with E-state index in [1.807, 2.05) is 12.1 Å². The Labute approximate surface area is 123 Å². The van der Waals surface area contributed by atoms with Crippen LogP contribution < -0.4 is 5.32 Å². The first-order valence-electron chi connectivity index (χ1n) is 7.89. The van der Waals surface area contributed by atoms with Crippen molar-refractivity contribution < 1.29 is 5.11 Å². The third kappa shape index (κ3) is 3.33. The summed E-state index contributed by atoms with van der Waals surface area (Å²) in [5, 5.41) is 13.2. The molecule has 1 aliphatic heterocycles. The van der Waals surface area contributed by atoms with Gasteiger partial charge in [-0.1, -0.05) is 32.9 Å². The zero-order valence-electron chi connectivity index (χ0n) is 13.0. The molecule has 1 aromatic rings. The van der Waals surface area contributed by atoms with Crippen molar-refractivity contribution in [3.05, 3.63) is 29.8 Å². The van der Waals surface area contributed by atoms with Gasteiger partial charge in [-0.2, -0.15) is 0 Å². The first-order valence-corrected chi connectivity index (χ1v) is 7.89. The Morgan fingerprint density at radius 3 is 2.40 bits per heavy atom. The van der Waals surface area contributed by atoms with Crippen LogP contribution in [0.5, 0.6) is 5.75 Å². The fourth-order valence-corrected chi connectivity index (χ4v) is 3.18. The minimum atomic E-state index is 0.266. The van der Waals surface area contributed by atoms with E-state index in [2.05, 4.69) is 31.0 Å². The third-order valence-corrected chi connectivity index (χ3v) is 4.88. The molecule has 1 unspecified atom stereocenters. The van der Waals surface area contributed by atoms with Gasteiger partial charge >= 0.3 is 0 Å². The van der Waals surface area contributed by atoms with Crippen LogP contribution in [-0.4, -0.2) is 34.7 Å². The number of aromatic hydroxyl groups is 1. The van der Waals surface area contributed by atoms with E-state index >= 15 is 0 Å². The van der Waals surface area contributed by atoms with Crippen molar-refractivity contribution in [3.8, 4) is 5.75 Å². The first-order chi connectivity index (χ1) is 9.62. The highest BCUT2D eigenvalue weighted by Crippen LogP contribution is 2.25. The highest BCUT2D eigenvalue weighted by Gasteiger charge is 2.35. The van der Waals surface area contributed by atoms with Crippen LogP contribution >= 0.6 is 0 Å². The van der Waals surface area contributed by atoms with Crippen molar-refractivity contribution in [1.29, 1.82) is 0 Å². The van der Waals surface area contributed by atoms with Gasteiger partial charge in [-0.3, -0.25) is 4.90 Å². The second kappa shape index (κ2) is 6.59. The SMILES string of the molecule is CCC1CNC(CC)(CC)CN1Cc1ccc(O)cc1. The lowest BCUT2D eigenvalue weighted by molar-refractivity contribution is 0.0643. The van der Waals surface area contributed by atoms with Crippen LogP contribution in [0, 0.1) is 0 Å². The maximum atomic E-state index is 9.40. The molecule has 3 nitrogen and oxygen atoms in total. The quantitative estimate of drug-likeness (QED) is 0.867. The number of phenolic OH excluding ortho intramolecular Hbond substituents is 1. The summed E-state index contributed by atoms with van der Waals surface area (Å²) in [6.07, 6.45) is 3.52. The molecule has 0 bridgehead atoms. The predicted octanol–water partition coefficient (Wildman–Crippen LogP) is 3.13. The number of rotatable bonds is 5. The summed E-state index contributed by atoms with van der Waals surface area (Å²) in [4.78, 5) is 2.61. The van der Waals surface area contributed by atoms with Crippen molar-refractivity contribution in [1.82, 2.24) is 10.2 Å². The number of nitrogens with one attached hydrogen (secondary N) is 1. The van der Waals surface area contributed by atoms with E-state index in [-0.39, 0.29) is 5.54 Å². The Morgan fingerprint density at radius 2 is 1.85 bits per heavy atom. The lowest BCUT2D eigenvalue weighted by Crippen LogP contribution is -2.63. The van der Waals surface area contributed by atoms with Gasteiger partial charge in [0.15, 0.2) is 0 Å². The van der Waals surface area contributed by atoms with Gasteiger partial charge in [0, 0.05) is 31.2 Å². The molecule has 0 radical (unpaired) electrons. The summed E-state index contributed by atoms with van der Waals surface area (Å²) < 4.78 is 0. The standard InChI is InChI=1S/C17H28N2O/c1-4-15-11-18-17(5-2,6-3)13-19(15)12-14-7-9-16(20)10-8-14/h7-10,15,18,20H,4-6,11-13H2,1-3H3. The second-order valence-corrected chi connectivity index (χ2v) is 6.00. The molecule has 1 heterocycles. The summed E-state index contributed by atoms with van der Waals surface area (Å²) in [5.41, 5.74) is 1.55. The molecule has 2 rings (SSSR count). The maximum Gasteiger partial charge on any atom is 0.115 e. The highest BCUT2D eigenvalue weighted by molar-refractivity contribution is 5.26. The minimum Gasteiger partial charge on any atom is -0.508 e. The van der Waals surface area contributed by atoms with E-state index in [1.165, 1.54) is 24.8 Å². The molecule has 0 aromatic heterocycles. The molecule has 0 spiro atoms. The Morgan fingerprint density at radius 1 is 1.20 bits per heavy atom. The monoisotopic (exact) mass is 276 g/mol. The molecule has 3 heteroatoms. The van der Waals surface area contributed by atoms with Gasteiger partial charge < -0.3 is 10.4 Å². The molecule has 1 saturated heterocycles. The predicted molar refractivity (Wildman–Crippen MR) is 83.9 cm³/mol. The van der Waals surface area contributed by atoms with E-state index in [1.54, 1.807) is 12.1 Å². The summed E-state index contributed by atoms with van der Waals surface area (Å²) >= 11 is 0. The lowest BCUT2D eigenvalue weighted by atomic mass is 9.88. The van der Waals surface area contributed by atoms with E-state index < -0.39 is 0 Å². The van der Waals surface area contributed by atoms with Gasteiger partial charge in [0.25, 0.3) is 0 Å². The molecular weight excluding hydrogens is 248 g/mol. The van der Waals surface area contributed by atoms with Gasteiger partial charge in [0.05, 0.1) is 0 Å². The largest absolute Gasteiger partial charge is 0.508 e. The molecule has 112 valence electrons. The molecular formula is C17H28N2O. The number of piperazine rings is 1. The molecule has 1 aromatic carbocycles. The van der Waals surface area contributed by atoms with Crippen LogP contribution in [0.2, 0.25) is 0 Å². The van der Waals surface area contributed by atoms with Crippen LogP contribution in [0.1, 0.15) is 45.6 Å². The van der Waals surface area contributed by atoms with Crippen molar-refractivity contribution >= 4 is 0 Å². The summed E-state index contributed by atoms with van der Waals surface area (Å²) in [6, 6.07) is 8.24. The second-order valence-electron chi connectivity index (χ2n) is 6.00. The summed E-state index contributed by atoms with van der Waals surface area (Å²) in [7, 11) is 0. The van der Waals surface area contributed by atoms with Gasteiger partial charge in [-0.25, -0.2) is 0 Å². The van der Waals surface area contributed by atoms with E-state index in [4.69, 9.17) is 0 Å². The van der Waals surface area contributed by atoms with E-state index in [9.17, 15) is 5.11 Å². The first kappa shape index (κ1) is 15.3. The number of phenols is 1. The van der Waals surface area contributed by atoms with Crippen molar-refractivity contribution in [2.45, 2.75) is 58.2 Å². The fraction of sp³-hybridized carbons (Fsp3) is 0.647. The van der Waals surface area contributed by atoms with Crippen molar-refractivity contribution in [2.75, 3.05) is 13.1 Å². The average Bonchev–Trinajstić information content (AvgIpc) is 2.49. The van der Waals surface area contributed by atoms with Crippen LogP contribution in [0.4, 0.5) is 0 Å². The molecule has 1 fully saturated rings. The Kier molecular flexibility index (Phi) is 5.06. The molecule has 0 aliphatic carbocycles. The summed E-state index contributed by atoms with van der Waals surface area (Å²) in [5.74, 6) is 0.345. The molecule has 2 N–H and O–H groups in total. The zero-order chi connectivity index (χ0) is 14.6. The van der Waals surface area contributed by atoms with Crippen molar-refractivity contribution in [3.63, 3.8) is 0 Å². The van der Waals surface area contributed by atoms with Crippen molar-refractivity contribution in [2.24, 2.45) is 0 Å². The molecule has 1 aliphatic rings. The van der Waals surface area contributed by atoms with Gasteiger partial charge in [0.2, 0.25) is 0 Å². The Balaban J connectivity index is 2.10. The minimum absolute atomic E-state index is 0.266. The lowest BCUT2D eigenvalue weighted by Gasteiger charge is -2.47. The number of benzene rings is 1. The number of hydrogen-bond donors (Lipinski definition) is 2. The normalized spacial score (nSPS) is 22.9. The zero-order valence-corrected chi connectivity index (χ0v) is 13.0. The van der Waals surface area contributed by atoms with Crippen LogP contribution in [0.3, 0.4) is 0 Å².